The Bertz CT molecular complexity index is 281. The molecular formula is C9H17F2NO3S. The van der Waals surface area contributed by atoms with Crippen LogP contribution in [0.5, 0.6) is 0 Å². The van der Waals surface area contributed by atoms with Gasteiger partial charge in [-0.2, -0.15) is 0 Å². The van der Waals surface area contributed by atoms with E-state index < -0.39 is 22.9 Å². The second-order valence-electron chi connectivity index (χ2n) is 3.85. The molecule has 96 valence electrons. The second kappa shape index (κ2) is 6.46. The molecule has 0 aromatic heterocycles. The molecule has 16 heavy (non-hydrogen) atoms. The predicted molar refractivity (Wildman–Crippen MR) is 56.5 cm³/mol. The number of rotatable bonds is 6. The number of halogens is 2. The molecule has 0 spiro atoms. The molecule has 1 saturated heterocycles. The summed E-state index contributed by atoms with van der Waals surface area (Å²) in [6.45, 7) is 0.172. The van der Waals surface area contributed by atoms with Gasteiger partial charge >= 0.3 is 0 Å². The number of hydrogen-bond acceptors (Lipinski definition) is 4. The fourth-order valence-corrected chi connectivity index (χ4v) is 3.09. The van der Waals surface area contributed by atoms with E-state index in [0.717, 1.165) is 0 Å². The highest BCUT2D eigenvalue weighted by Crippen LogP contribution is 2.11. The van der Waals surface area contributed by atoms with Crippen molar-refractivity contribution in [2.24, 2.45) is 0 Å². The van der Waals surface area contributed by atoms with Gasteiger partial charge in [0.05, 0.1) is 18.1 Å². The van der Waals surface area contributed by atoms with Gasteiger partial charge in [-0.15, -0.1) is 0 Å². The molecule has 0 aromatic rings. The van der Waals surface area contributed by atoms with E-state index in [0.29, 0.717) is 19.4 Å². The van der Waals surface area contributed by atoms with Gasteiger partial charge in [0.1, 0.15) is 16.4 Å². The van der Waals surface area contributed by atoms with Crippen LogP contribution in [0, 0.1) is 0 Å². The summed E-state index contributed by atoms with van der Waals surface area (Å²) < 4.78 is 50.3. The molecule has 1 N–H and O–H groups in total. The first-order chi connectivity index (χ1) is 7.49. The van der Waals surface area contributed by atoms with E-state index in [9.17, 15) is 17.2 Å². The zero-order valence-corrected chi connectivity index (χ0v) is 9.81. The van der Waals surface area contributed by atoms with Crippen LogP contribution in [0.25, 0.3) is 0 Å². The van der Waals surface area contributed by atoms with Crippen molar-refractivity contribution in [2.45, 2.75) is 25.3 Å². The van der Waals surface area contributed by atoms with Crippen LogP contribution in [0.4, 0.5) is 8.78 Å². The molecule has 0 atom stereocenters. The Morgan fingerprint density at radius 2 is 1.94 bits per heavy atom. The highest BCUT2D eigenvalue weighted by molar-refractivity contribution is 7.91. The molecular weight excluding hydrogens is 240 g/mol. The van der Waals surface area contributed by atoms with Gasteiger partial charge in [0.2, 0.25) is 0 Å². The van der Waals surface area contributed by atoms with Gasteiger partial charge in [0.15, 0.2) is 0 Å². The molecule has 0 saturated carbocycles. The van der Waals surface area contributed by atoms with Gasteiger partial charge in [-0.25, -0.2) is 17.2 Å². The van der Waals surface area contributed by atoms with Crippen molar-refractivity contribution in [3.8, 4) is 0 Å². The highest BCUT2D eigenvalue weighted by atomic mass is 32.2. The summed E-state index contributed by atoms with van der Waals surface area (Å²) in [4.78, 5) is 0. The molecule has 0 bridgehead atoms. The summed E-state index contributed by atoms with van der Waals surface area (Å²) in [5.74, 6) is 0.422. The normalized spacial score (nSPS) is 21.4. The van der Waals surface area contributed by atoms with Crippen molar-refractivity contribution in [2.75, 3.05) is 31.3 Å². The molecule has 0 amide bonds. The van der Waals surface area contributed by atoms with E-state index in [1.165, 1.54) is 0 Å². The molecule has 7 heteroatoms. The van der Waals surface area contributed by atoms with Crippen molar-refractivity contribution >= 4 is 9.84 Å². The Morgan fingerprint density at radius 1 is 1.31 bits per heavy atom. The van der Waals surface area contributed by atoms with E-state index >= 15 is 0 Å². The smallest absolute Gasteiger partial charge is 0.261 e. The van der Waals surface area contributed by atoms with E-state index in [4.69, 9.17) is 4.74 Å². The lowest BCUT2D eigenvalue weighted by Crippen LogP contribution is -2.39. The number of nitrogens with one attached hydrogen (secondary N) is 1. The second-order valence-corrected chi connectivity index (χ2v) is 6.15. The molecule has 1 heterocycles. The van der Waals surface area contributed by atoms with Crippen molar-refractivity contribution in [1.29, 1.82) is 0 Å². The van der Waals surface area contributed by atoms with E-state index in [-0.39, 0.29) is 24.2 Å². The number of alkyl halides is 2. The van der Waals surface area contributed by atoms with Gasteiger partial charge < -0.3 is 10.1 Å². The Balaban J connectivity index is 2.02. The molecule has 1 fully saturated rings. The maximum atomic E-state index is 11.7. The third-order valence-electron chi connectivity index (χ3n) is 2.48. The van der Waals surface area contributed by atoms with Gasteiger partial charge in [0, 0.05) is 12.6 Å². The number of hydrogen-bond donors (Lipinski definition) is 1. The fourth-order valence-electron chi connectivity index (χ4n) is 1.60. The van der Waals surface area contributed by atoms with E-state index in [2.05, 4.69) is 5.32 Å². The lowest BCUT2D eigenvalue weighted by Gasteiger charge is -2.22. The van der Waals surface area contributed by atoms with Crippen LogP contribution in [0.1, 0.15) is 12.8 Å². The minimum atomic E-state index is -2.83. The Kier molecular flexibility index (Phi) is 5.57. The van der Waals surface area contributed by atoms with Gasteiger partial charge in [0.25, 0.3) is 6.43 Å². The Labute approximate surface area is 94.3 Å². The first kappa shape index (κ1) is 13.8. The summed E-state index contributed by atoms with van der Waals surface area (Å²) in [7, 11) is -2.83. The summed E-state index contributed by atoms with van der Waals surface area (Å²) in [6.07, 6.45) is -1.24. The molecule has 1 rings (SSSR count). The predicted octanol–water partition coefficient (Wildman–Crippen LogP) is 0.435. The molecule has 0 radical (unpaired) electrons. The molecule has 4 nitrogen and oxygen atoms in total. The fraction of sp³-hybridized carbons (Fsp3) is 1.00. The van der Waals surface area contributed by atoms with Crippen molar-refractivity contribution in [3.63, 3.8) is 0 Å². The zero-order valence-electron chi connectivity index (χ0n) is 8.99. The molecule has 0 aromatic carbocycles. The standard InChI is InChI=1S/C9H17F2NO3S/c10-9(11)7-15-4-3-12-8-1-5-16(13,14)6-2-8/h8-9,12H,1-7H2. The third kappa shape index (κ3) is 5.72. The summed E-state index contributed by atoms with van der Waals surface area (Å²) in [5, 5.41) is 3.10. The maximum absolute atomic E-state index is 11.7. The lowest BCUT2D eigenvalue weighted by molar-refractivity contribution is 0.0181. The molecule has 0 aliphatic carbocycles. The first-order valence-electron chi connectivity index (χ1n) is 5.29. The van der Waals surface area contributed by atoms with Crippen LogP contribution in [-0.4, -0.2) is 52.1 Å². The largest absolute Gasteiger partial charge is 0.374 e. The van der Waals surface area contributed by atoms with Crippen LogP contribution in [0.15, 0.2) is 0 Å². The quantitative estimate of drug-likeness (QED) is 0.701. The van der Waals surface area contributed by atoms with Gasteiger partial charge in [-0.3, -0.25) is 0 Å². The van der Waals surface area contributed by atoms with Crippen molar-refractivity contribution < 1.29 is 21.9 Å². The van der Waals surface area contributed by atoms with E-state index in [1.807, 2.05) is 0 Å². The molecule has 1 aliphatic rings. The highest BCUT2D eigenvalue weighted by Gasteiger charge is 2.22. The van der Waals surface area contributed by atoms with E-state index in [1.54, 1.807) is 0 Å². The number of ether oxygens (including phenoxy) is 1. The van der Waals surface area contributed by atoms with Crippen LogP contribution in [-0.2, 0) is 14.6 Å². The number of sulfone groups is 1. The van der Waals surface area contributed by atoms with Gasteiger partial charge in [-0.05, 0) is 12.8 Å². The van der Waals surface area contributed by atoms with Crippen LogP contribution < -0.4 is 5.32 Å². The topological polar surface area (TPSA) is 55.4 Å². The SMILES string of the molecule is O=S1(=O)CCC(NCCOCC(F)F)CC1. The molecule has 0 unspecified atom stereocenters. The van der Waals surface area contributed by atoms with Crippen molar-refractivity contribution in [1.82, 2.24) is 5.32 Å². The average Bonchev–Trinajstić information content (AvgIpc) is 2.19. The monoisotopic (exact) mass is 257 g/mol. The average molecular weight is 257 g/mol. The maximum Gasteiger partial charge on any atom is 0.261 e. The van der Waals surface area contributed by atoms with Crippen LogP contribution in [0.3, 0.4) is 0 Å². The van der Waals surface area contributed by atoms with Crippen LogP contribution >= 0.6 is 0 Å². The summed E-state index contributed by atoms with van der Waals surface area (Å²) in [6, 6.07) is 0.165. The first-order valence-corrected chi connectivity index (χ1v) is 7.11. The third-order valence-corrected chi connectivity index (χ3v) is 4.19. The Hall–Kier alpha value is -0.270. The summed E-state index contributed by atoms with van der Waals surface area (Å²) in [5.41, 5.74) is 0. The summed E-state index contributed by atoms with van der Waals surface area (Å²) >= 11 is 0. The van der Waals surface area contributed by atoms with Crippen LogP contribution in [0.2, 0.25) is 0 Å². The van der Waals surface area contributed by atoms with Crippen molar-refractivity contribution in [3.05, 3.63) is 0 Å². The van der Waals surface area contributed by atoms with Gasteiger partial charge in [-0.1, -0.05) is 0 Å². The lowest BCUT2D eigenvalue weighted by atomic mass is 10.1. The minimum absolute atomic E-state index is 0.165. The minimum Gasteiger partial charge on any atom is -0.374 e. The molecule has 1 aliphatic heterocycles. The zero-order chi connectivity index (χ0) is 12.0. The Morgan fingerprint density at radius 3 is 2.50 bits per heavy atom.